The van der Waals surface area contributed by atoms with Crippen molar-refractivity contribution in [3.05, 3.63) is 10.4 Å². The van der Waals surface area contributed by atoms with E-state index in [1.165, 1.54) is 4.90 Å². The zero-order chi connectivity index (χ0) is 11.9. The van der Waals surface area contributed by atoms with Crippen LogP contribution in [0.25, 0.3) is 10.4 Å². The SMILES string of the molecule is CC(C)(C)N(CCCCN=[N+]=[N-])C(=O)O. The molecule has 0 aliphatic carbocycles. The van der Waals surface area contributed by atoms with Crippen molar-refractivity contribution in [1.82, 2.24) is 4.90 Å². The standard InChI is InChI=1S/C9H18N4O2/c1-9(2,3)13(8(14)15)7-5-4-6-11-12-10/h4-7H2,1-3H3,(H,14,15). The molecule has 0 radical (unpaired) electrons. The Hall–Kier alpha value is -1.42. The average Bonchev–Trinajstić information content (AvgIpc) is 2.08. The summed E-state index contributed by atoms with van der Waals surface area (Å²) in [6.45, 7) is 6.46. The summed E-state index contributed by atoms with van der Waals surface area (Å²) >= 11 is 0. The van der Waals surface area contributed by atoms with Crippen molar-refractivity contribution >= 4 is 6.09 Å². The summed E-state index contributed by atoms with van der Waals surface area (Å²) in [6, 6.07) is 0. The van der Waals surface area contributed by atoms with Crippen molar-refractivity contribution in [2.45, 2.75) is 39.2 Å². The van der Waals surface area contributed by atoms with Crippen LogP contribution in [0.4, 0.5) is 4.79 Å². The molecule has 0 heterocycles. The highest BCUT2D eigenvalue weighted by molar-refractivity contribution is 5.65. The summed E-state index contributed by atoms with van der Waals surface area (Å²) in [5, 5.41) is 12.3. The van der Waals surface area contributed by atoms with Crippen molar-refractivity contribution in [1.29, 1.82) is 0 Å². The van der Waals surface area contributed by atoms with Gasteiger partial charge < -0.3 is 10.0 Å². The Morgan fingerprint density at radius 2 is 2.07 bits per heavy atom. The minimum Gasteiger partial charge on any atom is -0.465 e. The summed E-state index contributed by atoms with van der Waals surface area (Å²) in [7, 11) is 0. The fraction of sp³-hybridized carbons (Fsp3) is 0.889. The molecule has 0 unspecified atom stereocenters. The van der Waals surface area contributed by atoms with Crippen LogP contribution in [0.1, 0.15) is 33.6 Å². The van der Waals surface area contributed by atoms with E-state index in [4.69, 9.17) is 10.6 Å². The maximum absolute atomic E-state index is 10.9. The first-order chi connectivity index (χ1) is 6.89. The van der Waals surface area contributed by atoms with Gasteiger partial charge >= 0.3 is 6.09 Å². The van der Waals surface area contributed by atoms with Gasteiger partial charge in [-0.3, -0.25) is 0 Å². The molecular formula is C9H18N4O2. The third-order valence-electron chi connectivity index (χ3n) is 1.99. The molecule has 15 heavy (non-hydrogen) atoms. The smallest absolute Gasteiger partial charge is 0.407 e. The predicted molar refractivity (Wildman–Crippen MR) is 57.7 cm³/mol. The zero-order valence-electron chi connectivity index (χ0n) is 9.47. The number of nitrogens with zero attached hydrogens (tertiary/aromatic N) is 4. The third-order valence-corrected chi connectivity index (χ3v) is 1.99. The number of carboxylic acid groups (broad SMARTS) is 1. The van der Waals surface area contributed by atoms with Gasteiger partial charge in [0.15, 0.2) is 0 Å². The quantitative estimate of drug-likeness (QED) is 0.330. The van der Waals surface area contributed by atoms with Gasteiger partial charge in [-0.1, -0.05) is 5.11 Å². The van der Waals surface area contributed by atoms with Gasteiger partial charge in [0, 0.05) is 23.5 Å². The maximum Gasteiger partial charge on any atom is 0.407 e. The Morgan fingerprint density at radius 3 is 2.47 bits per heavy atom. The molecule has 6 heteroatoms. The van der Waals surface area contributed by atoms with Gasteiger partial charge in [-0.25, -0.2) is 4.79 Å². The van der Waals surface area contributed by atoms with Crippen molar-refractivity contribution in [2.75, 3.05) is 13.1 Å². The lowest BCUT2D eigenvalue weighted by atomic mass is 10.1. The average molecular weight is 214 g/mol. The molecule has 0 spiro atoms. The lowest BCUT2D eigenvalue weighted by Crippen LogP contribution is -2.45. The van der Waals surface area contributed by atoms with E-state index in [0.29, 0.717) is 25.9 Å². The second-order valence-corrected chi connectivity index (χ2v) is 4.27. The first kappa shape index (κ1) is 13.6. The maximum atomic E-state index is 10.9. The number of hydrogen-bond donors (Lipinski definition) is 1. The minimum absolute atomic E-state index is 0.385. The number of amides is 1. The highest BCUT2D eigenvalue weighted by Crippen LogP contribution is 2.14. The lowest BCUT2D eigenvalue weighted by Gasteiger charge is -2.33. The van der Waals surface area contributed by atoms with Crippen LogP contribution < -0.4 is 0 Å². The molecule has 0 aliphatic heterocycles. The van der Waals surface area contributed by atoms with Gasteiger partial charge in [0.25, 0.3) is 0 Å². The molecule has 1 amide bonds. The minimum atomic E-state index is -0.911. The van der Waals surface area contributed by atoms with Gasteiger partial charge in [-0.05, 0) is 39.1 Å². The van der Waals surface area contributed by atoms with Crippen molar-refractivity contribution in [3.63, 3.8) is 0 Å². The van der Waals surface area contributed by atoms with Gasteiger partial charge in [0.1, 0.15) is 0 Å². The van der Waals surface area contributed by atoms with Crippen molar-refractivity contribution in [2.24, 2.45) is 5.11 Å². The summed E-state index contributed by atoms with van der Waals surface area (Å²) in [5.41, 5.74) is 7.66. The van der Waals surface area contributed by atoms with Crippen molar-refractivity contribution < 1.29 is 9.90 Å². The van der Waals surface area contributed by atoms with Crippen LogP contribution >= 0.6 is 0 Å². The topological polar surface area (TPSA) is 89.3 Å². The van der Waals surface area contributed by atoms with E-state index < -0.39 is 6.09 Å². The van der Waals surface area contributed by atoms with E-state index in [2.05, 4.69) is 10.0 Å². The molecule has 0 bridgehead atoms. The van der Waals surface area contributed by atoms with Crippen LogP contribution in [0.2, 0.25) is 0 Å². The highest BCUT2D eigenvalue weighted by atomic mass is 16.4. The van der Waals surface area contributed by atoms with Gasteiger partial charge in [0.05, 0.1) is 0 Å². The van der Waals surface area contributed by atoms with Gasteiger partial charge in [-0.15, -0.1) is 0 Å². The number of carbonyl (C=O) groups is 1. The van der Waals surface area contributed by atoms with Crippen LogP contribution in [-0.2, 0) is 0 Å². The van der Waals surface area contributed by atoms with E-state index in [-0.39, 0.29) is 5.54 Å². The molecule has 0 rings (SSSR count). The molecule has 0 aliphatic rings. The second kappa shape index (κ2) is 6.14. The van der Waals surface area contributed by atoms with Gasteiger partial charge in [0.2, 0.25) is 0 Å². The normalized spacial score (nSPS) is 10.6. The van der Waals surface area contributed by atoms with Crippen LogP contribution in [-0.4, -0.2) is 34.7 Å². The third kappa shape index (κ3) is 5.80. The number of rotatable bonds is 5. The predicted octanol–water partition coefficient (Wildman–Crippen LogP) is 2.86. The Bertz CT molecular complexity index is 253. The Labute approximate surface area is 89.5 Å². The monoisotopic (exact) mass is 214 g/mol. The highest BCUT2D eigenvalue weighted by Gasteiger charge is 2.24. The molecule has 0 aromatic heterocycles. The van der Waals surface area contributed by atoms with E-state index in [1.54, 1.807) is 0 Å². The molecule has 0 aromatic carbocycles. The number of unbranched alkanes of at least 4 members (excludes halogenated alkanes) is 1. The summed E-state index contributed by atoms with van der Waals surface area (Å²) in [5.74, 6) is 0. The molecule has 0 atom stereocenters. The molecule has 0 aromatic rings. The summed E-state index contributed by atoms with van der Waals surface area (Å²) < 4.78 is 0. The Morgan fingerprint density at radius 1 is 1.47 bits per heavy atom. The van der Waals surface area contributed by atoms with Crippen LogP contribution in [0, 0.1) is 0 Å². The van der Waals surface area contributed by atoms with E-state index in [9.17, 15) is 4.79 Å². The Balaban J connectivity index is 3.99. The molecule has 86 valence electrons. The fourth-order valence-corrected chi connectivity index (χ4v) is 1.22. The molecule has 0 saturated carbocycles. The fourth-order valence-electron chi connectivity index (χ4n) is 1.22. The van der Waals surface area contributed by atoms with E-state index in [1.807, 2.05) is 20.8 Å². The molecule has 0 fully saturated rings. The van der Waals surface area contributed by atoms with Crippen molar-refractivity contribution in [3.8, 4) is 0 Å². The Kier molecular flexibility index (Phi) is 5.56. The summed E-state index contributed by atoms with van der Waals surface area (Å²) in [4.78, 5) is 14.9. The summed E-state index contributed by atoms with van der Waals surface area (Å²) in [6.07, 6.45) is 0.512. The van der Waals surface area contributed by atoms with E-state index in [0.717, 1.165) is 0 Å². The van der Waals surface area contributed by atoms with E-state index >= 15 is 0 Å². The first-order valence-electron chi connectivity index (χ1n) is 4.91. The lowest BCUT2D eigenvalue weighted by molar-refractivity contribution is 0.0992. The molecule has 6 nitrogen and oxygen atoms in total. The molecular weight excluding hydrogens is 196 g/mol. The van der Waals surface area contributed by atoms with Gasteiger partial charge in [-0.2, -0.15) is 0 Å². The number of azide groups is 1. The number of hydrogen-bond acceptors (Lipinski definition) is 2. The largest absolute Gasteiger partial charge is 0.465 e. The zero-order valence-corrected chi connectivity index (χ0v) is 9.47. The van der Waals surface area contributed by atoms with Crippen LogP contribution in [0.3, 0.4) is 0 Å². The van der Waals surface area contributed by atoms with Crippen LogP contribution in [0.5, 0.6) is 0 Å². The van der Waals surface area contributed by atoms with Crippen LogP contribution in [0.15, 0.2) is 5.11 Å². The first-order valence-corrected chi connectivity index (χ1v) is 4.91. The second-order valence-electron chi connectivity index (χ2n) is 4.27. The molecule has 1 N–H and O–H groups in total. The molecule has 0 saturated heterocycles.